The van der Waals surface area contributed by atoms with Crippen LogP contribution in [0.3, 0.4) is 0 Å². The van der Waals surface area contributed by atoms with Crippen molar-refractivity contribution in [2.45, 2.75) is 19.4 Å². The molecule has 5 nitrogen and oxygen atoms in total. The van der Waals surface area contributed by atoms with Crippen molar-refractivity contribution in [2.24, 2.45) is 5.73 Å². The van der Waals surface area contributed by atoms with Crippen LogP contribution in [0.15, 0.2) is 0 Å². The van der Waals surface area contributed by atoms with Crippen LogP contribution in [0.5, 0.6) is 0 Å². The number of urea groups is 1. The zero-order valence-corrected chi connectivity index (χ0v) is 6.77. The Morgan fingerprint density at radius 2 is 2.27 bits per heavy atom. The Hall–Kier alpha value is -1.26. The predicted octanol–water partition coefficient (Wildman–Crippen LogP) is -0.370. The minimum absolute atomic E-state index is 0.0175. The molecule has 64 valence electrons. The third kappa shape index (κ3) is 3.44. The summed E-state index contributed by atoms with van der Waals surface area (Å²) in [4.78, 5) is 10.7. The highest BCUT2D eigenvalue weighted by Gasteiger charge is 2.10. The fourth-order valence-corrected chi connectivity index (χ4v) is 0.630. The largest absolute Gasteiger partial charge is 0.386 e. The average molecular weight is 158 g/mol. The molecule has 0 aliphatic heterocycles. The maximum atomic E-state index is 10.7. The smallest absolute Gasteiger partial charge is 0.315 e. The molecule has 0 aromatic carbocycles. The number of nitrogens with one attached hydrogen (secondary N) is 3. The fourth-order valence-electron chi connectivity index (χ4n) is 0.630. The number of hydrogen-bond acceptors (Lipinski definition) is 2. The van der Waals surface area contributed by atoms with E-state index in [1.807, 2.05) is 6.92 Å². The van der Waals surface area contributed by atoms with Crippen LogP contribution in [0.4, 0.5) is 4.79 Å². The van der Waals surface area contributed by atoms with Crippen LogP contribution < -0.4 is 16.4 Å². The Balaban J connectivity index is 3.88. The van der Waals surface area contributed by atoms with Gasteiger partial charge >= 0.3 is 6.03 Å². The van der Waals surface area contributed by atoms with Crippen LogP contribution in [0.2, 0.25) is 0 Å². The van der Waals surface area contributed by atoms with Crippen LogP contribution in [0, 0.1) is 5.41 Å². The molecular formula is C6H14N4O. The van der Waals surface area contributed by atoms with Gasteiger partial charge in [-0.3, -0.25) is 5.41 Å². The number of nitrogens with two attached hydrogens (primary N) is 1. The van der Waals surface area contributed by atoms with E-state index in [1.165, 1.54) is 7.05 Å². The summed E-state index contributed by atoms with van der Waals surface area (Å²) >= 11 is 0. The van der Waals surface area contributed by atoms with E-state index < -0.39 is 0 Å². The van der Waals surface area contributed by atoms with E-state index in [4.69, 9.17) is 11.1 Å². The molecule has 0 saturated carbocycles. The second-order valence-electron chi connectivity index (χ2n) is 2.14. The number of amidine groups is 1. The summed E-state index contributed by atoms with van der Waals surface area (Å²) in [5, 5.41) is 12.0. The van der Waals surface area contributed by atoms with Gasteiger partial charge in [0, 0.05) is 7.05 Å². The summed E-state index contributed by atoms with van der Waals surface area (Å²) in [7, 11) is 1.52. The Labute approximate surface area is 65.9 Å². The van der Waals surface area contributed by atoms with Gasteiger partial charge in [0.05, 0.1) is 6.04 Å². The normalized spacial score (nSPS) is 11.8. The maximum absolute atomic E-state index is 10.7. The number of hydrogen-bond donors (Lipinski definition) is 4. The Kier molecular flexibility index (Phi) is 4.02. The molecule has 0 aliphatic carbocycles. The van der Waals surface area contributed by atoms with Gasteiger partial charge in [-0.05, 0) is 6.42 Å². The van der Waals surface area contributed by atoms with Crippen LogP contribution in [-0.2, 0) is 0 Å². The summed E-state index contributed by atoms with van der Waals surface area (Å²) in [5.74, 6) is -0.0175. The van der Waals surface area contributed by atoms with E-state index in [0.29, 0.717) is 6.42 Å². The van der Waals surface area contributed by atoms with Gasteiger partial charge in [0.25, 0.3) is 0 Å². The molecule has 2 amide bonds. The monoisotopic (exact) mass is 158 g/mol. The van der Waals surface area contributed by atoms with Crippen molar-refractivity contribution in [1.29, 1.82) is 5.41 Å². The molecule has 5 heteroatoms. The standard InChI is InChI=1S/C6H14N4O/c1-3-4(5(7)8)10-6(11)9-2/h4H,3H2,1-2H3,(H3,7,8)(H2,9,10,11). The molecule has 0 fully saturated rings. The first-order chi connectivity index (χ1) is 5.11. The molecule has 0 aromatic heterocycles. The molecule has 0 bridgehead atoms. The second-order valence-corrected chi connectivity index (χ2v) is 2.14. The molecule has 0 spiro atoms. The van der Waals surface area contributed by atoms with Gasteiger partial charge in [-0.2, -0.15) is 0 Å². The molecular weight excluding hydrogens is 144 g/mol. The summed E-state index contributed by atoms with van der Waals surface area (Å²) in [6.07, 6.45) is 0.628. The van der Waals surface area contributed by atoms with Gasteiger partial charge in [-0.15, -0.1) is 0 Å². The van der Waals surface area contributed by atoms with Gasteiger partial charge in [0.15, 0.2) is 0 Å². The van der Waals surface area contributed by atoms with E-state index in [0.717, 1.165) is 0 Å². The number of rotatable bonds is 3. The Morgan fingerprint density at radius 3 is 2.55 bits per heavy atom. The van der Waals surface area contributed by atoms with Crippen molar-refractivity contribution in [1.82, 2.24) is 10.6 Å². The molecule has 0 rings (SSSR count). The van der Waals surface area contributed by atoms with Crippen molar-refractivity contribution in [2.75, 3.05) is 7.05 Å². The van der Waals surface area contributed by atoms with Crippen LogP contribution in [-0.4, -0.2) is 25.0 Å². The first kappa shape index (κ1) is 9.74. The number of carbonyl (C=O) groups is 1. The Bertz CT molecular complexity index is 157. The van der Waals surface area contributed by atoms with Gasteiger partial charge < -0.3 is 16.4 Å². The minimum atomic E-state index is -0.352. The molecule has 0 aliphatic rings. The predicted molar refractivity (Wildman–Crippen MR) is 43.6 cm³/mol. The molecule has 0 radical (unpaired) electrons. The molecule has 0 aromatic rings. The molecule has 0 saturated heterocycles. The molecule has 5 N–H and O–H groups in total. The van der Waals surface area contributed by atoms with Crippen molar-refractivity contribution < 1.29 is 4.79 Å². The highest BCUT2D eigenvalue weighted by Crippen LogP contribution is 1.88. The first-order valence-electron chi connectivity index (χ1n) is 3.44. The highest BCUT2D eigenvalue weighted by molar-refractivity contribution is 5.87. The van der Waals surface area contributed by atoms with Gasteiger partial charge in [0.2, 0.25) is 0 Å². The van der Waals surface area contributed by atoms with Crippen molar-refractivity contribution in [3.63, 3.8) is 0 Å². The lowest BCUT2D eigenvalue weighted by molar-refractivity contribution is 0.241. The van der Waals surface area contributed by atoms with Gasteiger partial charge in [-0.25, -0.2) is 4.79 Å². The van der Waals surface area contributed by atoms with E-state index in [-0.39, 0.29) is 17.9 Å². The second kappa shape index (κ2) is 4.54. The summed E-state index contributed by atoms with van der Waals surface area (Å²) in [5.41, 5.74) is 5.19. The van der Waals surface area contributed by atoms with Crippen molar-refractivity contribution in [3.05, 3.63) is 0 Å². The summed E-state index contributed by atoms with van der Waals surface area (Å²) in [6.45, 7) is 1.85. The Morgan fingerprint density at radius 1 is 1.73 bits per heavy atom. The zero-order valence-electron chi connectivity index (χ0n) is 6.77. The van der Waals surface area contributed by atoms with E-state index in [9.17, 15) is 4.79 Å². The lowest BCUT2D eigenvalue weighted by Gasteiger charge is -2.14. The van der Waals surface area contributed by atoms with Crippen molar-refractivity contribution >= 4 is 11.9 Å². The number of amides is 2. The van der Waals surface area contributed by atoms with E-state index in [2.05, 4.69) is 10.6 Å². The molecule has 0 heterocycles. The quantitative estimate of drug-likeness (QED) is 0.333. The minimum Gasteiger partial charge on any atom is -0.386 e. The van der Waals surface area contributed by atoms with Gasteiger partial charge in [-0.1, -0.05) is 6.92 Å². The van der Waals surface area contributed by atoms with E-state index >= 15 is 0 Å². The SMILES string of the molecule is CCC(NC(=O)NC)C(=N)N. The van der Waals surface area contributed by atoms with Crippen LogP contribution >= 0.6 is 0 Å². The lowest BCUT2D eigenvalue weighted by Crippen LogP contribution is -2.46. The summed E-state index contributed by atoms with van der Waals surface area (Å²) < 4.78 is 0. The maximum Gasteiger partial charge on any atom is 0.315 e. The third-order valence-corrected chi connectivity index (χ3v) is 1.32. The number of carbonyl (C=O) groups excluding carboxylic acids is 1. The van der Waals surface area contributed by atoms with Crippen molar-refractivity contribution in [3.8, 4) is 0 Å². The molecule has 1 atom stereocenters. The first-order valence-corrected chi connectivity index (χ1v) is 3.44. The topological polar surface area (TPSA) is 91.0 Å². The lowest BCUT2D eigenvalue weighted by atomic mass is 10.2. The van der Waals surface area contributed by atoms with Crippen LogP contribution in [0.25, 0.3) is 0 Å². The fraction of sp³-hybridized carbons (Fsp3) is 0.667. The zero-order chi connectivity index (χ0) is 8.85. The third-order valence-electron chi connectivity index (χ3n) is 1.32. The average Bonchev–Trinajstić information content (AvgIpc) is 1.99. The van der Waals surface area contributed by atoms with Crippen LogP contribution in [0.1, 0.15) is 13.3 Å². The molecule has 1 unspecified atom stereocenters. The van der Waals surface area contributed by atoms with Gasteiger partial charge in [0.1, 0.15) is 5.84 Å². The summed E-state index contributed by atoms with van der Waals surface area (Å²) in [6, 6.07) is -0.665. The van der Waals surface area contributed by atoms with E-state index in [1.54, 1.807) is 0 Å². The molecule has 11 heavy (non-hydrogen) atoms. The highest BCUT2D eigenvalue weighted by atomic mass is 16.2.